The number of ether oxygens (including phenoxy) is 1. The molecule has 5 rings (SSSR count). The molecule has 2 atom stereocenters. The van der Waals surface area contributed by atoms with Crippen LogP contribution in [-0.4, -0.2) is 48.1 Å². The molecule has 4 aromatic carbocycles. The number of thioether (sulfide) groups is 1. The number of Topliss-reactive ketones (excluding diaryl/α,β-unsaturated/α-hetero) is 1. The molecule has 0 aliphatic carbocycles. The quantitative estimate of drug-likeness (QED) is 0.0440. The monoisotopic (exact) mass is 766 g/mol. The lowest BCUT2D eigenvalue weighted by Crippen LogP contribution is -2.42. The summed E-state index contributed by atoms with van der Waals surface area (Å²) in [5.74, 6) is -1.06. The van der Waals surface area contributed by atoms with Crippen molar-refractivity contribution in [3.05, 3.63) is 120 Å². The normalized spacial score (nSPS) is 13.4. The summed E-state index contributed by atoms with van der Waals surface area (Å²) in [4.78, 5) is 41.6. The highest BCUT2D eigenvalue weighted by Gasteiger charge is 2.47. The fraction of sp³-hybridized carbons (Fsp3) is 0.333. The Morgan fingerprint density at radius 3 is 2.13 bits per heavy atom. The van der Waals surface area contributed by atoms with Crippen LogP contribution in [-0.2, 0) is 20.4 Å². The molecule has 0 aliphatic heterocycles. The fourth-order valence-electron chi connectivity index (χ4n) is 5.66. The standard InChI is InChI=1S/C42H47ClN6O4S/c1-8-40(4,5)30-23-24-35(34(27-30)41(6,7)9-2)53-28(3)25-36(50)44-32-20-16-17-29(26-32)37(51)42(43,38(52)45-31-18-12-10-13-19-31)54-39-46-47-48-49(39)33-21-14-11-15-22-33/h10-24,26-28H,8-9,25H2,1-7H3,(H,44,50)(H,45,52). The van der Waals surface area contributed by atoms with Crippen molar-refractivity contribution < 1.29 is 19.1 Å². The molecule has 54 heavy (non-hydrogen) atoms. The minimum atomic E-state index is -2.24. The number of tetrazole rings is 1. The second kappa shape index (κ2) is 17.0. The molecule has 0 fully saturated rings. The first-order valence-corrected chi connectivity index (χ1v) is 19.2. The third-order valence-electron chi connectivity index (χ3n) is 9.76. The Morgan fingerprint density at radius 1 is 0.815 bits per heavy atom. The summed E-state index contributed by atoms with van der Waals surface area (Å²) in [5, 5.41) is 17.7. The maximum atomic E-state index is 14.3. The Hall–Kier alpha value is -5.00. The number of aromatic nitrogens is 4. The largest absolute Gasteiger partial charge is 0.490 e. The highest BCUT2D eigenvalue weighted by Crippen LogP contribution is 2.41. The average Bonchev–Trinajstić information content (AvgIpc) is 3.63. The number of nitrogens with one attached hydrogen (secondary N) is 2. The number of anilines is 2. The molecule has 0 bridgehead atoms. The van der Waals surface area contributed by atoms with Gasteiger partial charge in [0, 0.05) is 22.5 Å². The molecule has 282 valence electrons. The Morgan fingerprint density at radius 2 is 1.46 bits per heavy atom. The van der Waals surface area contributed by atoms with Gasteiger partial charge in [-0.25, -0.2) is 0 Å². The highest BCUT2D eigenvalue weighted by molar-refractivity contribution is 8.03. The van der Waals surface area contributed by atoms with E-state index in [0.29, 0.717) is 28.8 Å². The minimum absolute atomic E-state index is 0.0187. The van der Waals surface area contributed by atoms with Crippen molar-refractivity contribution in [3.63, 3.8) is 0 Å². The fourth-order valence-corrected chi connectivity index (χ4v) is 6.94. The molecule has 1 heterocycles. The summed E-state index contributed by atoms with van der Waals surface area (Å²) in [6.45, 7) is 15.1. The zero-order chi connectivity index (χ0) is 39.1. The maximum absolute atomic E-state index is 14.3. The molecular weight excluding hydrogens is 720 g/mol. The van der Waals surface area contributed by atoms with Crippen molar-refractivity contribution >= 4 is 52.3 Å². The second-order valence-electron chi connectivity index (χ2n) is 14.5. The first-order valence-electron chi connectivity index (χ1n) is 18.0. The number of para-hydroxylation sites is 2. The van der Waals surface area contributed by atoms with E-state index in [4.69, 9.17) is 16.3 Å². The van der Waals surface area contributed by atoms with Gasteiger partial charge in [-0.15, -0.1) is 5.10 Å². The second-order valence-corrected chi connectivity index (χ2v) is 16.5. The van der Waals surface area contributed by atoms with Crippen molar-refractivity contribution in [3.8, 4) is 11.4 Å². The van der Waals surface area contributed by atoms with Gasteiger partial charge in [0.25, 0.3) is 5.91 Å². The summed E-state index contributed by atoms with van der Waals surface area (Å²) in [6.07, 6.45) is 1.53. The molecule has 2 unspecified atom stereocenters. The molecule has 2 amide bonds. The number of carbonyl (C=O) groups is 3. The number of hydrogen-bond donors (Lipinski definition) is 2. The van der Waals surface area contributed by atoms with E-state index in [9.17, 15) is 14.4 Å². The number of hydrogen-bond acceptors (Lipinski definition) is 8. The molecular formula is C42H47ClN6O4S. The number of alkyl halides is 1. The number of nitrogens with zero attached hydrogens (tertiary/aromatic N) is 4. The summed E-state index contributed by atoms with van der Waals surface area (Å²) in [7, 11) is 0. The van der Waals surface area contributed by atoms with Crippen molar-refractivity contribution in [2.75, 3.05) is 10.6 Å². The molecule has 0 aliphatic rings. The third-order valence-corrected chi connectivity index (χ3v) is 11.4. The van der Waals surface area contributed by atoms with Crippen LogP contribution in [0.15, 0.2) is 108 Å². The van der Waals surface area contributed by atoms with Gasteiger partial charge in [0.2, 0.25) is 21.1 Å². The van der Waals surface area contributed by atoms with Crippen LogP contribution in [0.1, 0.15) is 89.2 Å². The topological polar surface area (TPSA) is 128 Å². The van der Waals surface area contributed by atoms with Crippen molar-refractivity contribution in [1.29, 1.82) is 0 Å². The Bertz CT molecular complexity index is 2090. The van der Waals surface area contributed by atoms with Gasteiger partial charge in [0.15, 0.2) is 0 Å². The van der Waals surface area contributed by atoms with Gasteiger partial charge in [0.05, 0.1) is 12.1 Å². The predicted molar refractivity (Wildman–Crippen MR) is 216 cm³/mol. The maximum Gasteiger partial charge on any atom is 0.264 e. The van der Waals surface area contributed by atoms with Crippen LogP contribution in [0.25, 0.3) is 5.69 Å². The van der Waals surface area contributed by atoms with E-state index in [1.165, 1.54) is 22.4 Å². The number of amides is 2. The molecule has 5 aromatic rings. The van der Waals surface area contributed by atoms with Crippen LogP contribution in [0.5, 0.6) is 5.75 Å². The Balaban J connectivity index is 1.35. The molecule has 10 nitrogen and oxygen atoms in total. The van der Waals surface area contributed by atoms with Crippen LogP contribution in [0.4, 0.5) is 11.4 Å². The summed E-state index contributed by atoms with van der Waals surface area (Å²) >= 11 is 7.78. The van der Waals surface area contributed by atoms with Gasteiger partial charge in [0.1, 0.15) is 11.9 Å². The molecule has 12 heteroatoms. The van der Waals surface area contributed by atoms with Crippen molar-refractivity contribution in [1.82, 2.24) is 20.2 Å². The lowest BCUT2D eigenvalue weighted by atomic mass is 9.76. The number of rotatable bonds is 16. The predicted octanol–water partition coefficient (Wildman–Crippen LogP) is 9.38. The Labute approximate surface area is 326 Å². The Kier molecular flexibility index (Phi) is 12.6. The van der Waals surface area contributed by atoms with E-state index in [0.717, 1.165) is 24.2 Å². The van der Waals surface area contributed by atoms with Crippen LogP contribution >= 0.6 is 23.4 Å². The van der Waals surface area contributed by atoms with Crippen LogP contribution in [0.2, 0.25) is 0 Å². The lowest BCUT2D eigenvalue weighted by molar-refractivity contribution is -0.117. The first-order chi connectivity index (χ1) is 25.7. The molecule has 0 saturated carbocycles. The SMILES string of the molecule is CCC(C)(C)c1ccc(OC(C)CC(=O)Nc2cccc(C(=O)C(Cl)(Sc3nnnn3-c3ccccc3)C(=O)Nc3ccccc3)c2)c(C(C)(C)CC)c1. The van der Waals surface area contributed by atoms with Crippen LogP contribution in [0.3, 0.4) is 0 Å². The third kappa shape index (κ3) is 9.37. The van der Waals surface area contributed by atoms with Gasteiger partial charge in [-0.3, -0.25) is 14.4 Å². The van der Waals surface area contributed by atoms with E-state index in [1.807, 2.05) is 31.2 Å². The highest BCUT2D eigenvalue weighted by atomic mass is 35.5. The van der Waals surface area contributed by atoms with E-state index in [-0.39, 0.29) is 33.9 Å². The van der Waals surface area contributed by atoms with Crippen molar-refractivity contribution in [2.45, 2.75) is 94.0 Å². The van der Waals surface area contributed by atoms with Gasteiger partial charge in [-0.2, -0.15) is 4.68 Å². The van der Waals surface area contributed by atoms with Gasteiger partial charge >= 0.3 is 0 Å². The minimum Gasteiger partial charge on any atom is -0.490 e. The smallest absolute Gasteiger partial charge is 0.264 e. The molecule has 0 saturated heterocycles. The van der Waals surface area contributed by atoms with Gasteiger partial charge < -0.3 is 15.4 Å². The number of benzene rings is 4. The number of carbonyl (C=O) groups excluding carboxylic acids is 3. The molecule has 1 aromatic heterocycles. The van der Waals surface area contributed by atoms with Crippen LogP contribution in [0, 0.1) is 0 Å². The van der Waals surface area contributed by atoms with E-state index in [2.05, 4.69) is 79.8 Å². The average molecular weight is 767 g/mol. The van der Waals surface area contributed by atoms with Crippen molar-refractivity contribution in [2.24, 2.45) is 0 Å². The molecule has 0 spiro atoms. The molecule has 0 radical (unpaired) electrons. The number of ketones is 1. The zero-order valence-electron chi connectivity index (χ0n) is 31.7. The summed E-state index contributed by atoms with van der Waals surface area (Å²) in [6, 6.07) is 30.4. The molecule has 2 N–H and O–H groups in total. The summed E-state index contributed by atoms with van der Waals surface area (Å²) in [5.41, 5.74) is 3.77. The van der Waals surface area contributed by atoms with Gasteiger partial charge in [-0.05, 0) is 101 Å². The lowest BCUT2D eigenvalue weighted by Gasteiger charge is -2.31. The zero-order valence-corrected chi connectivity index (χ0v) is 33.3. The van der Waals surface area contributed by atoms with E-state index in [1.54, 1.807) is 54.6 Å². The summed E-state index contributed by atoms with van der Waals surface area (Å²) < 4.78 is 5.58. The van der Waals surface area contributed by atoms with E-state index < -0.39 is 22.0 Å². The van der Waals surface area contributed by atoms with Crippen LogP contribution < -0.4 is 15.4 Å². The van der Waals surface area contributed by atoms with Gasteiger partial charge in [-0.1, -0.05) is 114 Å². The van der Waals surface area contributed by atoms with E-state index >= 15 is 0 Å². The number of halogens is 1. The first kappa shape index (κ1) is 40.2.